The summed E-state index contributed by atoms with van der Waals surface area (Å²) in [7, 11) is 0. The van der Waals surface area contributed by atoms with Gasteiger partial charge in [-0.25, -0.2) is 0 Å². The summed E-state index contributed by atoms with van der Waals surface area (Å²) in [6.45, 7) is 0.331. The van der Waals surface area contributed by atoms with Crippen LogP contribution in [0.2, 0.25) is 0 Å². The van der Waals surface area contributed by atoms with Gasteiger partial charge in [0, 0.05) is 11.9 Å². The van der Waals surface area contributed by atoms with Gasteiger partial charge in [-0.3, -0.25) is 0 Å². The van der Waals surface area contributed by atoms with E-state index in [1.54, 1.807) is 0 Å². The van der Waals surface area contributed by atoms with E-state index in [2.05, 4.69) is 15.9 Å². The largest absolute Gasteiger partial charge is 0.396 e. The Balaban J connectivity index is 2.92. The SMILES string of the molecule is OCCCCCCCCCC(O)CBr. The molecule has 0 aromatic rings. The number of hydrogen-bond acceptors (Lipinski definition) is 2. The lowest BCUT2D eigenvalue weighted by Crippen LogP contribution is -2.06. The van der Waals surface area contributed by atoms with Gasteiger partial charge < -0.3 is 10.2 Å². The fourth-order valence-corrected chi connectivity index (χ4v) is 1.78. The number of aliphatic hydroxyl groups excluding tert-OH is 2. The van der Waals surface area contributed by atoms with E-state index in [1.807, 2.05) is 0 Å². The molecule has 0 saturated heterocycles. The van der Waals surface area contributed by atoms with E-state index in [4.69, 9.17) is 5.11 Å². The van der Waals surface area contributed by atoms with Gasteiger partial charge in [0.25, 0.3) is 0 Å². The Morgan fingerprint density at radius 1 is 0.857 bits per heavy atom. The zero-order valence-corrected chi connectivity index (χ0v) is 10.5. The van der Waals surface area contributed by atoms with Crippen molar-refractivity contribution in [2.24, 2.45) is 0 Å². The Bertz CT molecular complexity index is 109. The summed E-state index contributed by atoms with van der Waals surface area (Å²) in [4.78, 5) is 0. The van der Waals surface area contributed by atoms with Crippen LogP contribution in [0.5, 0.6) is 0 Å². The average Bonchev–Trinajstić information content (AvgIpc) is 2.21. The molecule has 0 aromatic carbocycles. The van der Waals surface area contributed by atoms with Gasteiger partial charge in [0.15, 0.2) is 0 Å². The van der Waals surface area contributed by atoms with Gasteiger partial charge in [0.2, 0.25) is 0 Å². The molecule has 14 heavy (non-hydrogen) atoms. The molecule has 0 radical (unpaired) electrons. The molecule has 0 fully saturated rings. The van der Waals surface area contributed by atoms with Crippen LogP contribution in [0.15, 0.2) is 0 Å². The van der Waals surface area contributed by atoms with Gasteiger partial charge in [-0.15, -0.1) is 0 Å². The highest BCUT2D eigenvalue weighted by atomic mass is 79.9. The van der Waals surface area contributed by atoms with E-state index in [-0.39, 0.29) is 6.10 Å². The quantitative estimate of drug-likeness (QED) is 0.472. The van der Waals surface area contributed by atoms with Gasteiger partial charge in [0.05, 0.1) is 6.10 Å². The van der Waals surface area contributed by atoms with Crippen molar-refractivity contribution < 1.29 is 10.2 Å². The summed E-state index contributed by atoms with van der Waals surface area (Å²) in [5, 5.41) is 18.5. The Kier molecular flexibility index (Phi) is 11.8. The second-order valence-corrected chi connectivity index (χ2v) is 4.44. The zero-order chi connectivity index (χ0) is 10.6. The standard InChI is InChI=1S/C11H23BrO2/c12-10-11(14)8-6-4-2-1-3-5-7-9-13/h11,13-14H,1-10H2. The molecule has 1 atom stereocenters. The third-order valence-electron chi connectivity index (χ3n) is 2.37. The highest BCUT2D eigenvalue weighted by Crippen LogP contribution is 2.10. The molecular formula is C11H23BrO2. The predicted octanol–water partition coefficient (Wildman–Crippen LogP) is 2.86. The maximum absolute atomic E-state index is 9.26. The molecule has 0 heterocycles. The van der Waals surface area contributed by atoms with Gasteiger partial charge in [0.1, 0.15) is 0 Å². The van der Waals surface area contributed by atoms with E-state index in [0.29, 0.717) is 11.9 Å². The maximum Gasteiger partial charge on any atom is 0.0637 e. The molecule has 1 unspecified atom stereocenters. The third kappa shape index (κ3) is 10.5. The first-order valence-electron chi connectivity index (χ1n) is 5.66. The molecule has 0 bridgehead atoms. The van der Waals surface area contributed by atoms with Crippen molar-refractivity contribution in [1.29, 1.82) is 0 Å². The van der Waals surface area contributed by atoms with Crippen molar-refractivity contribution >= 4 is 15.9 Å². The molecule has 0 aliphatic carbocycles. The zero-order valence-electron chi connectivity index (χ0n) is 8.92. The first kappa shape index (κ1) is 14.4. The van der Waals surface area contributed by atoms with Crippen LogP contribution in [0, 0.1) is 0 Å². The lowest BCUT2D eigenvalue weighted by atomic mass is 10.1. The normalized spacial score (nSPS) is 13.1. The summed E-state index contributed by atoms with van der Waals surface area (Å²) in [6.07, 6.45) is 8.98. The van der Waals surface area contributed by atoms with Crippen molar-refractivity contribution in [3.05, 3.63) is 0 Å². The van der Waals surface area contributed by atoms with Gasteiger partial charge >= 0.3 is 0 Å². The molecule has 2 N–H and O–H groups in total. The number of unbranched alkanes of at least 4 members (excludes halogenated alkanes) is 6. The monoisotopic (exact) mass is 266 g/mol. The summed E-state index contributed by atoms with van der Waals surface area (Å²) in [5.74, 6) is 0. The summed E-state index contributed by atoms with van der Waals surface area (Å²) < 4.78 is 0. The molecular weight excluding hydrogens is 244 g/mol. The lowest BCUT2D eigenvalue weighted by molar-refractivity contribution is 0.186. The number of hydrogen-bond donors (Lipinski definition) is 2. The fraction of sp³-hybridized carbons (Fsp3) is 1.00. The first-order chi connectivity index (χ1) is 6.81. The number of aliphatic hydroxyl groups is 2. The Morgan fingerprint density at radius 2 is 1.36 bits per heavy atom. The Morgan fingerprint density at radius 3 is 1.86 bits per heavy atom. The van der Waals surface area contributed by atoms with E-state index in [9.17, 15) is 5.11 Å². The average molecular weight is 267 g/mol. The molecule has 2 nitrogen and oxygen atoms in total. The van der Waals surface area contributed by atoms with Crippen molar-refractivity contribution in [1.82, 2.24) is 0 Å². The van der Waals surface area contributed by atoms with Gasteiger partial charge in [-0.1, -0.05) is 54.5 Å². The Labute approximate surface area is 95.8 Å². The van der Waals surface area contributed by atoms with Crippen molar-refractivity contribution in [3.8, 4) is 0 Å². The molecule has 0 aliphatic heterocycles. The summed E-state index contributed by atoms with van der Waals surface area (Å²) in [5.41, 5.74) is 0. The molecule has 0 amide bonds. The molecule has 0 aromatic heterocycles. The van der Waals surface area contributed by atoms with Gasteiger partial charge in [-0.2, -0.15) is 0 Å². The maximum atomic E-state index is 9.26. The number of alkyl halides is 1. The van der Waals surface area contributed by atoms with Crippen LogP contribution >= 0.6 is 15.9 Å². The second-order valence-electron chi connectivity index (χ2n) is 3.80. The van der Waals surface area contributed by atoms with Crippen LogP contribution in [-0.2, 0) is 0 Å². The lowest BCUT2D eigenvalue weighted by Gasteiger charge is -2.05. The van der Waals surface area contributed by atoms with Crippen LogP contribution in [0.25, 0.3) is 0 Å². The van der Waals surface area contributed by atoms with Gasteiger partial charge in [-0.05, 0) is 12.8 Å². The minimum Gasteiger partial charge on any atom is -0.396 e. The number of halogens is 1. The second kappa shape index (κ2) is 11.5. The minimum absolute atomic E-state index is 0.163. The predicted molar refractivity (Wildman–Crippen MR) is 63.8 cm³/mol. The minimum atomic E-state index is -0.163. The molecule has 0 aliphatic rings. The summed E-state index contributed by atoms with van der Waals surface area (Å²) in [6, 6.07) is 0. The van der Waals surface area contributed by atoms with E-state index >= 15 is 0 Å². The number of rotatable bonds is 10. The van der Waals surface area contributed by atoms with E-state index in [1.165, 1.54) is 25.7 Å². The van der Waals surface area contributed by atoms with Crippen LogP contribution in [0.4, 0.5) is 0 Å². The van der Waals surface area contributed by atoms with Crippen molar-refractivity contribution in [2.75, 3.05) is 11.9 Å². The first-order valence-corrected chi connectivity index (χ1v) is 6.78. The Hall–Kier alpha value is 0.400. The highest BCUT2D eigenvalue weighted by molar-refractivity contribution is 9.09. The van der Waals surface area contributed by atoms with E-state index < -0.39 is 0 Å². The van der Waals surface area contributed by atoms with Crippen LogP contribution in [0.3, 0.4) is 0 Å². The highest BCUT2D eigenvalue weighted by Gasteiger charge is 2.00. The summed E-state index contributed by atoms with van der Waals surface area (Å²) >= 11 is 3.25. The third-order valence-corrected chi connectivity index (χ3v) is 3.12. The van der Waals surface area contributed by atoms with Crippen LogP contribution < -0.4 is 0 Å². The molecule has 86 valence electrons. The van der Waals surface area contributed by atoms with E-state index in [0.717, 1.165) is 25.7 Å². The smallest absolute Gasteiger partial charge is 0.0637 e. The molecule has 0 spiro atoms. The topological polar surface area (TPSA) is 40.5 Å². The van der Waals surface area contributed by atoms with Crippen LogP contribution in [-0.4, -0.2) is 28.3 Å². The fourth-order valence-electron chi connectivity index (χ4n) is 1.45. The van der Waals surface area contributed by atoms with Crippen LogP contribution in [0.1, 0.15) is 51.4 Å². The molecule has 0 saturated carbocycles. The van der Waals surface area contributed by atoms with Crippen molar-refractivity contribution in [3.63, 3.8) is 0 Å². The molecule has 3 heteroatoms. The van der Waals surface area contributed by atoms with Crippen molar-refractivity contribution in [2.45, 2.75) is 57.5 Å². The molecule has 0 rings (SSSR count).